The lowest BCUT2D eigenvalue weighted by Crippen LogP contribution is -2.38. The van der Waals surface area contributed by atoms with Crippen molar-refractivity contribution in [3.8, 4) is 0 Å². The Morgan fingerprint density at radius 2 is 1.81 bits per heavy atom. The van der Waals surface area contributed by atoms with Crippen molar-refractivity contribution in [3.63, 3.8) is 0 Å². The molecule has 3 aromatic rings. The number of nitrogens with zero attached hydrogens (tertiary/aromatic N) is 1. The van der Waals surface area contributed by atoms with E-state index in [1.165, 1.54) is 16.5 Å². The number of hydrogen-bond acceptors (Lipinski definition) is 1. The Balaban J connectivity index is 0.00000243. The average molecular weight is 462 g/mol. The number of nitrogens with one attached hydrogen (secondary N) is 3. The molecule has 1 atom stereocenters. The van der Waals surface area contributed by atoms with Crippen LogP contribution in [0, 0.1) is 6.92 Å². The van der Waals surface area contributed by atoms with Gasteiger partial charge in [0.1, 0.15) is 0 Å². The van der Waals surface area contributed by atoms with E-state index in [0.717, 1.165) is 23.7 Å². The first-order valence-electron chi connectivity index (χ1n) is 8.73. The van der Waals surface area contributed by atoms with Crippen LogP contribution in [-0.2, 0) is 6.54 Å². The highest BCUT2D eigenvalue weighted by molar-refractivity contribution is 14.0. The number of aliphatic imine (C=N–C) groups is 1. The maximum Gasteiger partial charge on any atom is 0.191 e. The van der Waals surface area contributed by atoms with Gasteiger partial charge in [-0.25, -0.2) is 0 Å². The summed E-state index contributed by atoms with van der Waals surface area (Å²) in [5.74, 6) is 1.24. The molecule has 138 valence electrons. The number of halogens is 1. The maximum atomic E-state index is 4.32. The molecule has 26 heavy (non-hydrogen) atoms. The molecule has 1 aromatic heterocycles. The third kappa shape index (κ3) is 5.24. The molecule has 0 fully saturated rings. The lowest BCUT2D eigenvalue weighted by molar-refractivity contribution is 0.697. The van der Waals surface area contributed by atoms with Gasteiger partial charge < -0.3 is 15.6 Å². The Morgan fingerprint density at radius 1 is 1.08 bits per heavy atom. The topological polar surface area (TPSA) is 52.2 Å². The predicted molar refractivity (Wildman–Crippen MR) is 122 cm³/mol. The standard InChI is InChI=1S/C21H26N4.HI/c1-15-8-10-17(11-9-15)16(2)13-23-21(22-3)24-14-19-12-18-6-4-5-7-20(18)25-19;/h4-12,16,25H,13-14H2,1-3H3,(H2,22,23,24);1H. The van der Waals surface area contributed by atoms with Crippen molar-refractivity contribution in [3.05, 3.63) is 71.4 Å². The van der Waals surface area contributed by atoms with Crippen LogP contribution in [0.5, 0.6) is 0 Å². The Kier molecular flexibility index (Phi) is 7.50. The third-order valence-corrected chi connectivity index (χ3v) is 4.48. The van der Waals surface area contributed by atoms with Crippen molar-refractivity contribution >= 4 is 40.8 Å². The molecule has 0 amide bonds. The van der Waals surface area contributed by atoms with Crippen molar-refractivity contribution < 1.29 is 0 Å². The first-order chi connectivity index (χ1) is 12.2. The summed E-state index contributed by atoms with van der Waals surface area (Å²) in [6.45, 7) is 5.90. The van der Waals surface area contributed by atoms with Crippen LogP contribution < -0.4 is 10.6 Å². The van der Waals surface area contributed by atoms with Gasteiger partial charge in [-0.05, 0) is 35.9 Å². The maximum absolute atomic E-state index is 4.32. The lowest BCUT2D eigenvalue weighted by Gasteiger charge is -2.16. The average Bonchev–Trinajstić information content (AvgIpc) is 3.05. The van der Waals surface area contributed by atoms with Gasteiger partial charge in [0.25, 0.3) is 0 Å². The van der Waals surface area contributed by atoms with E-state index in [0.29, 0.717) is 12.5 Å². The van der Waals surface area contributed by atoms with Crippen molar-refractivity contribution in [2.45, 2.75) is 26.3 Å². The molecule has 0 aliphatic rings. The molecular weight excluding hydrogens is 435 g/mol. The molecule has 0 bridgehead atoms. The quantitative estimate of drug-likeness (QED) is 0.296. The molecule has 0 aliphatic carbocycles. The zero-order chi connectivity index (χ0) is 17.6. The van der Waals surface area contributed by atoms with E-state index in [2.05, 4.69) is 83.0 Å². The fourth-order valence-corrected chi connectivity index (χ4v) is 2.89. The molecule has 0 saturated carbocycles. The fraction of sp³-hybridized carbons (Fsp3) is 0.286. The monoisotopic (exact) mass is 462 g/mol. The molecule has 0 saturated heterocycles. The van der Waals surface area contributed by atoms with E-state index in [4.69, 9.17) is 0 Å². The molecule has 4 nitrogen and oxygen atoms in total. The molecule has 0 spiro atoms. The summed E-state index contributed by atoms with van der Waals surface area (Å²) >= 11 is 0. The third-order valence-electron chi connectivity index (χ3n) is 4.48. The number of aromatic nitrogens is 1. The van der Waals surface area contributed by atoms with Crippen LogP contribution in [0.25, 0.3) is 10.9 Å². The normalized spacial score (nSPS) is 12.5. The number of hydrogen-bond donors (Lipinski definition) is 3. The predicted octanol–water partition coefficient (Wildman–Crippen LogP) is 4.56. The Labute approximate surface area is 172 Å². The van der Waals surface area contributed by atoms with Crippen LogP contribution in [0.2, 0.25) is 0 Å². The van der Waals surface area contributed by atoms with Gasteiger partial charge in [-0.3, -0.25) is 4.99 Å². The minimum Gasteiger partial charge on any atom is -0.357 e. The summed E-state index contributed by atoms with van der Waals surface area (Å²) in [6, 6.07) is 19.2. The first kappa shape index (κ1) is 20.3. The van der Waals surface area contributed by atoms with Crippen LogP contribution in [0.1, 0.15) is 29.7 Å². The number of para-hydroxylation sites is 1. The van der Waals surface area contributed by atoms with Crippen molar-refractivity contribution in [2.75, 3.05) is 13.6 Å². The molecule has 5 heteroatoms. The Bertz CT molecular complexity index is 819. The van der Waals surface area contributed by atoms with Crippen molar-refractivity contribution in [2.24, 2.45) is 4.99 Å². The number of aryl methyl sites for hydroxylation is 1. The number of guanidine groups is 1. The van der Waals surface area contributed by atoms with Crippen LogP contribution in [0.4, 0.5) is 0 Å². The number of H-pyrrole nitrogens is 1. The van der Waals surface area contributed by atoms with E-state index in [-0.39, 0.29) is 24.0 Å². The molecular formula is C21H27IN4. The number of benzene rings is 2. The molecule has 3 rings (SSSR count). The molecule has 2 aromatic carbocycles. The minimum atomic E-state index is 0. The van der Waals surface area contributed by atoms with Gasteiger partial charge in [0.05, 0.1) is 6.54 Å². The van der Waals surface area contributed by atoms with E-state index in [1.54, 1.807) is 7.05 Å². The van der Waals surface area contributed by atoms with Gasteiger partial charge in [0.15, 0.2) is 5.96 Å². The van der Waals surface area contributed by atoms with Crippen molar-refractivity contribution in [1.82, 2.24) is 15.6 Å². The molecule has 3 N–H and O–H groups in total. The highest BCUT2D eigenvalue weighted by Crippen LogP contribution is 2.15. The summed E-state index contributed by atoms with van der Waals surface area (Å²) in [4.78, 5) is 7.74. The number of fused-ring (bicyclic) bond motifs is 1. The van der Waals surface area contributed by atoms with Crippen LogP contribution in [0.15, 0.2) is 59.6 Å². The van der Waals surface area contributed by atoms with E-state index in [1.807, 2.05) is 6.07 Å². The van der Waals surface area contributed by atoms with Gasteiger partial charge in [-0.15, -0.1) is 24.0 Å². The van der Waals surface area contributed by atoms with Crippen LogP contribution in [0.3, 0.4) is 0 Å². The fourth-order valence-electron chi connectivity index (χ4n) is 2.89. The zero-order valence-corrected chi connectivity index (χ0v) is 17.9. The molecule has 0 radical (unpaired) electrons. The second-order valence-electron chi connectivity index (χ2n) is 6.50. The molecule has 0 aliphatic heterocycles. The molecule has 1 unspecified atom stereocenters. The minimum absolute atomic E-state index is 0. The second kappa shape index (κ2) is 9.62. The summed E-state index contributed by atoms with van der Waals surface area (Å²) < 4.78 is 0. The Hall–Kier alpha value is -2.02. The first-order valence-corrected chi connectivity index (χ1v) is 8.73. The van der Waals surface area contributed by atoms with Gasteiger partial charge in [0, 0.05) is 24.8 Å². The second-order valence-corrected chi connectivity index (χ2v) is 6.50. The van der Waals surface area contributed by atoms with Crippen LogP contribution >= 0.6 is 24.0 Å². The van der Waals surface area contributed by atoms with Gasteiger partial charge >= 0.3 is 0 Å². The van der Waals surface area contributed by atoms with Gasteiger partial charge in [0.2, 0.25) is 0 Å². The van der Waals surface area contributed by atoms with Crippen molar-refractivity contribution in [1.29, 1.82) is 0 Å². The highest BCUT2D eigenvalue weighted by Gasteiger charge is 2.07. The van der Waals surface area contributed by atoms with E-state index < -0.39 is 0 Å². The highest BCUT2D eigenvalue weighted by atomic mass is 127. The summed E-state index contributed by atoms with van der Waals surface area (Å²) in [5.41, 5.74) is 4.94. The SMILES string of the molecule is CN=C(NCc1cc2ccccc2[nH]1)NCC(C)c1ccc(C)cc1.I. The van der Waals surface area contributed by atoms with Crippen LogP contribution in [-0.4, -0.2) is 24.5 Å². The summed E-state index contributed by atoms with van der Waals surface area (Å²) in [6.07, 6.45) is 0. The zero-order valence-electron chi connectivity index (χ0n) is 15.5. The van der Waals surface area contributed by atoms with Gasteiger partial charge in [-0.2, -0.15) is 0 Å². The summed E-state index contributed by atoms with van der Waals surface area (Å²) in [7, 11) is 1.80. The summed E-state index contributed by atoms with van der Waals surface area (Å²) in [5, 5.41) is 8.01. The van der Waals surface area contributed by atoms with Gasteiger partial charge in [-0.1, -0.05) is 55.0 Å². The number of rotatable bonds is 5. The van der Waals surface area contributed by atoms with E-state index >= 15 is 0 Å². The van der Waals surface area contributed by atoms with E-state index in [9.17, 15) is 0 Å². The molecule has 1 heterocycles. The largest absolute Gasteiger partial charge is 0.357 e. The lowest BCUT2D eigenvalue weighted by atomic mass is 10.0. The number of aromatic amines is 1. The Morgan fingerprint density at radius 3 is 2.50 bits per heavy atom. The smallest absolute Gasteiger partial charge is 0.191 e.